The van der Waals surface area contributed by atoms with Gasteiger partial charge in [-0.2, -0.15) is 13.2 Å². The molecule has 0 N–H and O–H groups in total. The topological polar surface area (TPSA) is 177 Å². The molecular formula is C102H62F3N15. The van der Waals surface area contributed by atoms with Gasteiger partial charge in [0.2, 0.25) is 0 Å². The maximum absolute atomic E-state index is 17.8. The molecule has 0 fully saturated rings. The molecule has 15 nitrogen and oxygen atoms in total. The fraction of sp³-hybridized carbons (Fsp3) is 0.00980. The number of benzene rings is 14. The van der Waals surface area contributed by atoms with Crippen molar-refractivity contribution >= 4 is 43.6 Å². The molecule has 0 amide bonds. The van der Waals surface area contributed by atoms with Gasteiger partial charge in [0.15, 0.2) is 69.9 Å². The van der Waals surface area contributed by atoms with Crippen LogP contribution in [0.4, 0.5) is 13.2 Å². The second kappa shape index (κ2) is 30.1. The second-order valence-electron chi connectivity index (χ2n) is 28.9. The van der Waals surface area contributed by atoms with Crippen LogP contribution in [-0.2, 0) is 6.18 Å². The minimum absolute atomic E-state index is 0.175. The van der Waals surface area contributed by atoms with Gasteiger partial charge in [0.25, 0.3) is 0 Å². The van der Waals surface area contributed by atoms with E-state index in [9.17, 15) is 0 Å². The van der Waals surface area contributed by atoms with Crippen molar-refractivity contribution in [2.45, 2.75) is 6.18 Å². The summed E-state index contributed by atoms with van der Waals surface area (Å²) in [6.07, 6.45) is -5.03. The first kappa shape index (κ1) is 71.4. The normalized spacial score (nSPS) is 11.6. The number of halogens is 3. The van der Waals surface area contributed by atoms with E-state index in [4.69, 9.17) is 64.8 Å². The van der Waals surface area contributed by atoms with Crippen LogP contribution in [0.3, 0.4) is 0 Å². The molecule has 0 aliphatic carbocycles. The van der Waals surface area contributed by atoms with Gasteiger partial charge in [0.05, 0.1) is 50.4 Å². The Morgan fingerprint density at radius 3 is 0.633 bits per heavy atom. The van der Waals surface area contributed by atoms with Crippen molar-refractivity contribution in [3.63, 3.8) is 0 Å². The zero-order chi connectivity index (χ0) is 80.2. The number of pyridine rings is 1. The van der Waals surface area contributed by atoms with Crippen molar-refractivity contribution in [1.82, 2.24) is 73.9 Å². The van der Waals surface area contributed by atoms with Gasteiger partial charge in [-0.1, -0.05) is 279 Å². The Bertz CT molecular complexity index is 6880. The predicted octanol–water partition coefficient (Wildman–Crippen LogP) is 24.4. The summed E-state index contributed by atoms with van der Waals surface area (Å²) >= 11 is 0. The van der Waals surface area contributed by atoms with Crippen LogP contribution in [-0.4, -0.2) is 73.9 Å². The van der Waals surface area contributed by atoms with Gasteiger partial charge in [-0.15, -0.1) is 0 Å². The lowest BCUT2D eigenvalue weighted by molar-refractivity contribution is -0.137. The lowest BCUT2D eigenvalue weighted by atomic mass is 10.0. The Morgan fingerprint density at radius 2 is 0.392 bits per heavy atom. The van der Waals surface area contributed by atoms with Gasteiger partial charge in [-0.3, -0.25) is 0 Å². The van der Waals surface area contributed by atoms with Crippen molar-refractivity contribution in [2.24, 2.45) is 0 Å². The summed E-state index contributed by atoms with van der Waals surface area (Å²) in [6.45, 7) is 0. The zero-order valence-electron chi connectivity index (χ0n) is 63.6. The van der Waals surface area contributed by atoms with Crippen molar-refractivity contribution in [1.29, 1.82) is 0 Å². The molecule has 18 heteroatoms. The van der Waals surface area contributed by atoms with E-state index in [-0.39, 0.29) is 11.4 Å². The molecule has 0 spiro atoms. The number of nitrogens with zero attached hydrogens (tertiary/aromatic N) is 15. The highest BCUT2D eigenvalue weighted by Crippen LogP contribution is 2.48. The predicted molar refractivity (Wildman–Crippen MR) is 468 cm³/mol. The van der Waals surface area contributed by atoms with Crippen LogP contribution in [0, 0.1) is 0 Å². The minimum atomic E-state index is -5.03. The minimum Gasteiger partial charge on any atom is -0.309 e. The molecule has 0 saturated heterocycles. The van der Waals surface area contributed by atoms with Crippen molar-refractivity contribution in [3.8, 4) is 171 Å². The first-order valence-electron chi connectivity index (χ1n) is 39.0. The number of fused-ring (bicyclic) bond motifs is 6. The van der Waals surface area contributed by atoms with Gasteiger partial charge in [0, 0.05) is 99.4 Å². The molecule has 0 unspecified atom stereocenters. The van der Waals surface area contributed by atoms with E-state index >= 15 is 13.2 Å². The monoisotopic (exact) mass is 1550 g/mol. The number of hydrogen-bond donors (Lipinski definition) is 0. The summed E-state index contributed by atoms with van der Waals surface area (Å²) in [5.74, 6) is 5.02. The third-order valence-electron chi connectivity index (χ3n) is 21.4. The Morgan fingerprint density at radius 1 is 0.175 bits per heavy atom. The van der Waals surface area contributed by atoms with Crippen LogP contribution in [0.5, 0.6) is 0 Å². The van der Waals surface area contributed by atoms with E-state index in [0.717, 1.165) is 50.1 Å². The summed E-state index contributed by atoms with van der Waals surface area (Å²) < 4.78 is 56.9. The van der Waals surface area contributed by atoms with E-state index in [0.29, 0.717) is 153 Å². The molecule has 14 aromatic carbocycles. The number of rotatable bonds is 16. The second-order valence-corrected chi connectivity index (χ2v) is 28.9. The van der Waals surface area contributed by atoms with Gasteiger partial charge in [0.1, 0.15) is 0 Å². The molecule has 0 bridgehead atoms. The molecule has 0 saturated carbocycles. The molecule has 0 radical (unpaired) electrons. The van der Waals surface area contributed by atoms with E-state index in [1.165, 1.54) is 6.07 Å². The van der Waals surface area contributed by atoms with Crippen LogP contribution in [0.15, 0.2) is 376 Å². The highest BCUT2D eigenvalue weighted by Gasteiger charge is 2.38. The molecule has 0 aliphatic rings. The third-order valence-corrected chi connectivity index (χ3v) is 21.4. The van der Waals surface area contributed by atoms with E-state index in [1.807, 2.05) is 369 Å². The smallest absolute Gasteiger partial charge is 0.309 e. The first-order valence-corrected chi connectivity index (χ1v) is 39.0. The summed E-state index contributed by atoms with van der Waals surface area (Å²) in [4.78, 5) is 66.9. The van der Waals surface area contributed by atoms with E-state index in [1.54, 1.807) is 10.6 Å². The van der Waals surface area contributed by atoms with Crippen molar-refractivity contribution in [2.75, 3.05) is 0 Å². The maximum atomic E-state index is 17.8. The lowest BCUT2D eigenvalue weighted by Gasteiger charge is -2.22. The molecule has 21 rings (SSSR count). The van der Waals surface area contributed by atoms with Gasteiger partial charge in [-0.05, 0) is 97.1 Å². The van der Waals surface area contributed by atoms with Gasteiger partial charge in [-0.25, -0.2) is 64.8 Å². The summed E-state index contributed by atoms with van der Waals surface area (Å²) in [5.41, 5.74) is 11.9. The van der Waals surface area contributed by atoms with Crippen molar-refractivity contribution in [3.05, 3.63) is 382 Å². The molecule has 0 atom stereocenters. The zero-order valence-corrected chi connectivity index (χ0v) is 63.6. The van der Waals surface area contributed by atoms with Crippen LogP contribution >= 0.6 is 0 Å². The summed E-state index contributed by atoms with van der Waals surface area (Å²) in [7, 11) is 0. The van der Waals surface area contributed by atoms with Crippen LogP contribution < -0.4 is 0 Å². The fourth-order valence-corrected chi connectivity index (χ4v) is 15.6. The highest BCUT2D eigenvalue weighted by molar-refractivity contribution is 6.14. The van der Waals surface area contributed by atoms with Crippen molar-refractivity contribution < 1.29 is 13.2 Å². The molecule has 7 aromatic heterocycles. The number of hydrogen-bond acceptors (Lipinski definition) is 13. The lowest BCUT2D eigenvalue weighted by Crippen LogP contribution is -2.13. The first-order chi connectivity index (χ1) is 59.1. The third kappa shape index (κ3) is 13.6. The Balaban J connectivity index is 0.836. The van der Waals surface area contributed by atoms with E-state index in [2.05, 4.69) is 0 Å². The van der Waals surface area contributed by atoms with Crippen LogP contribution in [0.2, 0.25) is 0 Å². The maximum Gasteiger partial charge on any atom is 0.418 e. The van der Waals surface area contributed by atoms with Crippen LogP contribution in [0.25, 0.3) is 214 Å². The molecule has 0 aliphatic heterocycles. The molecular weight excluding hydrogens is 1490 g/mol. The summed E-state index contributed by atoms with van der Waals surface area (Å²) in [5, 5.41) is 2.48. The molecule has 566 valence electrons. The number of alkyl halides is 3. The molecule has 21 aromatic rings. The van der Waals surface area contributed by atoms with E-state index < -0.39 is 11.7 Å². The van der Waals surface area contributed by atoms with Crippen LogP contribution in [0.1, 0.15) is 5.56 Å². The fourth-order valence-electron chi connectivity index (χ4n) is 15.6. The highest BCUT2D eigenvalue weighted by atomic mass is 19.4. The molecule has 7 heterocycles. The standard InChI is InChI=1S/C102H62F3N15/c103-102(104,105)81-62-88(119-84-53-49-72(98-111-90(64-31-12-2-13-32-64)107-91(112-98)65-33-14-3-15-34-65)57-76(84)77-58-73(50-54-85(77)119)99-113-92(66-35-16-4-17-36-66)108-93(114-99)67-37-18-5-19-38-67)80(83-48-28-47-82(106-83)63-29-10-1-11-30-63)61-89(81)120-86-55-51-74(100-115-94(68-39-20-6-21-40-68)109-95(116-100)69-41-22-7-23-42-69)59-78(86)79-60-75(52-56-87(79)120)101-117-96(70-43-24-8-25-44-70)110-97(118-101)71-45-26-9-27-46-71/h1-62H. The molecule has 120 heavy (non-hydrogen) atoms. The van der Waals surface area contributed by atoms with Gasteiger partial charge >= 0.3 is 6.18 Å². The van der Waals surface area contributed by atoms with Gasteiger partial charge < -0.3 is 9.13 Å². The SMILES string of the molecule is FC(F)(F)c1cc(-n2c3ccc(-c4nc(-c5ccccc5)nc(-c5ccccc5)n4)cc3c3cc(-c4nc(-c5ccccc5)nc(-c5ccccc5)n4)ccc32)c(-c2cccc(-c3ccccc3)n2)cc1-n1c2ccc(-c3nc(-c4ccccc4)nc(-c4ccccc4)n3)cc2c2cc(-c3nc(-c4ccccc4)nc(-c4ccccc4)n3)ccc21. The Hall–Kier alpha value is -16.3. The average molecular weight is 1550 g/mol. The largest absolute Gasteiger partial charge is 0.418 e. The average Bonchev–Trinajstić information content (AvgIpc) is 1.56. The Kier molecular flexibility index (Phi) is 17.9. The summed E-state index contributed by atoms with van der Waals surface area (Å²) in [6, 6.07) is 119. The Labute approximate surface area is 685 Å². The quantitative estimate of drug-likeness (QED) is 0.0893. The number of aromatic nitrogens is 15.